The second-order valence-corrected chi connectivity index (χ2v) is 7.81. The smallest absolute Gasteiger partial charge is 0.337 e. The van der Waals surface area contributed by atoms with Crippen LogP contribution >= 0.6 is 27.5 Å². The minimum atomic E-state index is -0.488. The van der Waals surface area contributed by atoms with Gasteiger partial charge in [0.05, 0.1) is 22.9 Å². The van der Waals surface area contributed by atoms with Crippen molar-refractivity contribution in [2.45, 2.75) is 31.8 Å². The first-order valence-corrected chi connectivity index (χ1v) is 9.69. The van der Waals surface area contributed by atoms with Gasteiger partial charge in [-0.05, 0) is 40.0 Å². The first-order valence-electron chi connectivity index (χ1n) is 8.52. The average molecular weight is 439 g/mol. The molecule has 7 heteroatoms. The lowest BCUT2D eigenvalue weighted by Gasteiger charge is -2.32. The number of benzene rings is 1. The number of cyclic esters (lactones) is 1. The molecule has 136 valence electrons. The van der Waals surface area contributed by atoms with Crippen molar-refractivity contribution in [2.24, 2.45) is 0 Å². The number of hydrogen-bond donors (Lipinski definition) is 1. The van der Waals surface area contributed by atoms with Crippen molar-refractivity contribution < 1.29 is 19.1 Å². The predicted molar refractivity (Wildman–Crippen MR) is 99.7 cm³/mol. The summed E-state index contributed by atoms with van der Waals surface area (Å²) >= 11 is 9.67. The molecule has 0 aromatic heterocycles. The number of hydrogen-bond acceptors (Lipinski definition) is 5. The Bertz CT molecular complexity index is 876. The summed E-state index contributed by atoms with van der Waals surface area (Å²) in [4.78, 5) is 25.3. The van der Waals surface area contributed by atoms with Gasteiger partial charge in [0.2, 0.25) is 0 Å². The first-order chi connectivity index (χ1) is 12.5. The van der Waals surface area contributed by atoms with E-state index in [2.05, 4.69) is 21.2 Å². The Morgan fingerprint density at radius 3 is 2.81 bits per heavy atom. The van der Waals surface area contributed by atoms with Crippen LogP contribution in [-0.2, 0) is 19.1 Å². The van der Waals surface area contributed by atoms with Crippen molar-refractivity contribution in [2.75, 3.05) is 13.2 Å². The Kier molecular flexibility index (Phi) is 4.67. The van der Waals surface area contributed by atoms with Gasteiger partial charge in [0, 0.05) is 21.7 Å². The van der Waals surface area contributed by atoms with Gasteiger partial charge in [-0.1, -0.05) is 31.0 Å². The van der Waals surface area contributed by atoms with Crippen molar-refractivity contribution in [1.82, 2.24) is 5.32 Å². The summed E-state index contributed by atoms with van der Waals surface area (Å²) in [6.45, 7) is 2.36. The maximum Gasteiger partial charge on any atom is 0.337 e. The number of esters is 1. The Balaban J connectivity index is 1.89. The molecule has 5 nitrogen and oxygen atoms in total. The third kappa shape index (κ3) is 2.80. The van der Waals surface area contributed by atoms with E-state index in [1.165, 1.54) is 0 Å². The molecule has 0 unspecified atom stereocenters. The molecule has 4 rings (SSSR count). The van der Waals surface area contributed by atoms with E-state index >= 15 is 0 Å². The van der Waals surface area contributed by atoms with Gasteiger partial charge in [-0.15, -0.1) is 0 Å². The van der Waals surface area contributed by atoms with E-state index in [1.54, 1.807) is 6.07 Å². The highest BCUT2D eigenvalue weighted by atomic mass is 79.9. The van der Waals surface area contributed by atoms with Crippen LogP contribution in [0.2, 0.25) is 5.02 Å². The van der Waals surface area contributed by atoms with Gasteiger partial charge in [-0.3, -0.25) is 4.79 Å². The number of nitrogens with one attached hydrogen (secondary N) is 1. The number of dihydropyridines is 1. The summed E-state index contributed by atoms with van der Waals surface area (Å²) in [5, 5.41) is 3.79. The van der Waals surface area contributed by atoms with Gasteiger partial charge in [0.15, 0.2) is 5.78 Å². The van der Waals surface area contributed by atoms with Crippen molar-refractivity contribution in [3.05, 3.63) is 55.8 Å². The summed E-state index contributed by atoms with van der Waals surface area (Å²) in [5.74, 6) is -0.987. The van der Waals surface area contributed by atoms with Crippen LogP contribution in [0.15, 0.2) is 45.2 Å². The van der Waals surface area contributed by atoms with Crippen LogP contribution in [-0.4, -0.2) is 31.1 Å². The number of carbonyl (C=O) groups is 2. The third-order valence-corrected chi connectivity index (χ3v) is 6.11. The standard InChI is InChI=1S/C19H17BrClNO4/c1-2-3-14-18-17(19(24)26-14)15(9-4-5-10(20)11(21)6-9)16-12(22-18)7-25-8-13(16)23/h4-6,14-15,22H,2-3,7-8H2,1H3/t14-,15-/m1/s1. The Labute approximate surface area is 164 Å². The largest absolute Gasteiger partial charge is 0.452 e. The van der Waals surface area contributed by atoms with E-state index in [0.29, 0.717) is 28.5 Å². The zero-order valence-electron chi connectivity index (χ0n) is 14.1. The van der Waals surface area contributed by atoms with E-state index in [4.69, 9.17) is 21.1 Å². The van der Waals surface area contributed by atoms with Gasteiger partial charge >= 0.3 is 5.97 Å². The van der Waals surface area contributed by atoms with Crippen LogP contribution in [0, 0.1) is 0 Å². The van der Waals surface area contributed by atoms with Crippen LogP contribution in [0.3, 0.4) is 0 Å². The Morgan fingerprint density at radius 2 is 2.08 bits per heavy atom. The number of halogens is 2. The summed E-state index contributed by atoms with van der Waals surface area (Å²) < 4.78 is 11.8. The van der Waals surface area contributed by atoms with Gasteiger partial charge in [-0.2, -0.15) is 0 Å². The molecular weight excluding hydrogens is 422 g/mol. The number of ketones is 1. The number of carbonyl (C=O) groups excluding carboxylic acids is 2. The van der Waals surface area contributed by atoms with E-state index in [1.807, 2.05) is 19.1 Å². The molecule has 0 amide bonds. The third-order valence-electron chi connectivity index (χ3n) is 4.88. The molecule has 0 saturated carbocycles. The molecule has 0 saturated heterocycles. The van der Waals surface area contributed by atoms with Crippen LogP contribution in [0.5, 0.6) is 0 Å². The summed E-state index contributed by atoms with van der Waals surface area (Å²) in [6.07, 6.45) is 1.29. The molecule has 1 N–H and O–H groups in total. The Morgan fingerprint density at radius 1 is 1.27 bits per heavy atom. The molecule has 3 aliphatic rings. The highest BCUT2D eigenvalue weighted by molar-refractivity contribution is 9.10. The Hall–Kier alpha value is -1.63. The summed E-state index contributed by atoms with van der Waals surface area (Å²) in [7, 11) is 0. The lowest BCUT2D eigenvalue weighted by Crippen LogP contribution is -2.38. The van der Waals surface area contributed by atoms with Crippen molar-refractivity contribution >= 4 is 39.3 Å². The molecule has 0 aliphatic carbocycles. The minimum absolute atomic E-state index is 0.0112. The molecule has 0 radical (unpaired) electrons. The fourth-order valence-electron chi connectivity index (χ4n) is 3.76. The molecule has 0 spiro atoms. The summed E-state index contributed by atoms with van der Waals surface area (Å²) in [6, 6.07) is 5.50. The molecule has 3 heterocycles. The quantitative estimate of drug-likeness (QED) is 0.730. The van der Waals surface area contributed by atoms with Crippen molar-refractivity contribution in [3.63, 3.8) is 0 Å². The second-order valence-electron chi connectivity index (χ2n) is 6.55. The fourth-order valence-corrected chi connectivity index (χ4v) is 4.20. The monoisotopic (exact) mass is 437 g/mol. The van der Waals surface area contributed by atoms with Crippen molar-refractivity contribution in [1.29, 1.82) is 0 Å². The molecule has 2 atom stereocenters. The zero-order valence-corrected chi connectivity index (χ0v) is 16.4. The molecular formula is C19H17BrClNO4. The highest BCUT2D eigenvalue weighted by Gasteiger charge is 2.46. The molecule has 26 heavy (non-hydrogen) atoms. The van der Waals surface area contributed by atoms with Crippen LogP contribution in [0.4, 0.5) is 0 Å². The van der Waals surface area contributed by atoms with Gasteiger partial charge in [0.25, 0.3) is 0 Å². The van der Waals surface area contributed by atoms with E-state index in [-0.39, 0.29) is 24.5 Å². The second kappa shape index (κ2) is 6.83. The molecule has 1 aromatic carbocycles. The minimum Gasteiger partial charge on any atom is -0.452 e. The maximum absolute atomic E-state index is 12.7. The number of rotatable bonds is 3. The molecule has 0 bridgehead atoms. The van der Waals surface area contributed by atoms with Crippen LogP contribution < -0.4 is 5.32 Å². The topological polar surface area (TPSA) is 64.6 Å². The van der Waals surface area contributed by atoms with Gasteiger partial charge < -0.3 is 14.8 Å². The summed E-state index contributed by atoms with van der Waals surface area (Å²) in [5.41, 5.74) is 3.34. The fraction of sp³-hybridized carbons (Fsp3) is 0.368. The average Bonchev–Trinajstić information content (AvgIpc) is 2.92. The molecule has 1 aromatic rings. The first kappa shape index (κ1) is 17.8. The van der Waals surface area contributed by atoms with Crippen LogP contribution in [0.25, 0.3) is 0 Å². The van der Waals surface area contributed by atoms with E-state index in [9.17, 15) is 9.59 Å². The normalized spacial score (nSPS) is 25.0. The maximum atomic E-state index is 12.7. The van der Waals surface area contributed by atoms with Gasteiger partial charge in [0.1, 0.15) is 12.7 Å². The lowest BCUT2D eigenvalue weighted by molar-refractivity contribution is -0.140. The lowest BCUT2D eigenvalue weighted by atomic mass is 9.78. The van der Waals surface area contributed by atoms with E-state index < -0.39 is 5.92 Å². The van der Waals surface area contributed by atoms with Crippen LogP contribution in [0.1, 0.15) is 31.2 Å². The molecule has 3 aliphatic heterocycles. The van der Waals surface area contributed by atoms with E-state index in [0.717, 1.165) is 28.6 Å². The van der Waals surface area contributed by atoms with Gasteiger partial charge in [-0.25, -0.2) is 4.79 Å². The zero-order chi connectivity index (χ0) is 18.4. The highest BCUT2D eigenvalue weighted by Crippen LogP contribution is 2.45. The number of ether oxygens (including phenoxy) is 2. The molecule has 0 fully saturated rings. The predicted octanol–water partition coefficient (Wildman–Crippen LogP) is 3.62. The SMILES string of the molecule is CCC[C@H]1OC(=O)C2=C1NC1=C(C(=O)COC1)[C@H]2c1ccc(Br)c(Cl)c1. The number of Topliss-reactive ketones (excluding diaryl/α,β-unsaturated/α-hetero) is 1. The van der Waals surface area contributed by atoms with Crippen molar-refractivity contribution in [3.8, 4) is 0 Å².